The number of nitrogens with zero attached hydrogens (tertiary/aromatic N) is 2. The molecular formula is C12H11N3O4S. The number of nitrogens with one attached hydrogen (secondary N) is 1. The molecule has 0 atom stereocenters. The van der Waals surface area contributed by atoms with E-state index in [0.717, 1.165) is 18.6 Å². The lowest BCUT2D eigenvalue weighted by Crippen LogP contribution is -2.23. The van der Waals surface area contributed by atoms with Gasteiger partial charge in [-0.2, -0.15) is 0 Å². The van der Waals surface area contributed by atoms with E-state index in [0.29, 0.717) is 10.9 Å². The minimum Gasteiger partial charge on any atom is -0.476 e. The van der Waals surface area contributed by atoms with Crippen molar-refractivity contribution in [2.45, 2.75) is 25.3 Å². The third-order valence-electron chi connectivity index (χ3n) is 2.91. The zero-order valence-corrected chi connectivity index (χ0v) is 11.1. The molecular weight excluding hydrogens is 282 g/mol. The number of carbonyl (C=O) groups excluding carboxylic acids is 1. The van der Waals surface area contributed by atoms with Gasteiger partial charge in [-0.15, -0.1) is 11.3 Å². The van der Waals surface area contributed by atoms with Crippen LogP contribution in [-0.2, 0) is 6.54 Å². The third kappa shape index (κ3) is 2.69. The quantitative estimate of drug-likeness (QED) is 0.868. The molecule has 0 saturated heterocycles. The van der Waals surface area contributed by atoms with Crippen LogP contribution in [0.15, 0.2) is 16.0 Å². The highest BCUT2D eigenvalue weighted by molar-refractivity contribution is 7.09. The van der Waals surface area contributed by atoms with Crippen LogP contribution in [0.4, 0.5) is 0 Å². The highest BCUT2D eigenvalue weighted by Gasteiger charge is 2.28. The molecule has 20 heavy (non-hydrogen) atoms. The molecule has 1 amide bonds. The van der Waals surface area contributed by atoms with Crippen molar-refractivity contribution in [3.63, 3.8) is 0 Å². The Hall–Kier alpha value is -2.22. The Morgan fingerprint density at radius 1 is 1.45 bits per heavy atom. The molecule has 1 fully saturated rings. The van der Waals surface area contributed by atoms with Gasteiger partial charge < -0.3 is 14.9 Å². The lowest BCUT2D eigenvalue weighted by atomic mass is 10.3. The van der Waals surface area contributed by atoms with Gasteiger partial charge in [-0.3, -0.25) is 4.79 Å². The molecule has 0 aromatic carbocycles. The van der Waals surface area contributed by atoms with Crippen molar-refractivity contribution in [1.29, 1.82) is 0 Å². The molecule has 3 rings (SSSR count). The molecule has 2 heterocycles. The summed E-state index contributed by atoms with van der Waals surface area (Å²) in [5, 5.41) is 17.1. The van der Waals surface area contributed by atoms with Crippen LogP contribution in [-0.4, -0.2) is 27.1 Å². The van der Waals surface area contributed by atoms with Crippen molar-refractivity contribution in [2.24, 2.45) is 0 Å². The summed E-state index contributed by atoms with van der Waals surface area (Å²) in [5.74, 6) is -0.282. The van der Waals surface area contributed by atoms with Gasteiger partial charge in [0, 0.05) is 17.4 Å². The summed E-state index contributed by atoms with van der Waals surface area (Å²) >= 11 is 1.18. The fourth-order valence-corrected chi connectivity index (χ4v) is 2.40. The minimum absolute atomic E-state index is 0.0169. The maximum atomic E-state index is 11.8. The van der Waals surface area contributed by atoms with E-state index in [1.165, 1.54) is 16.7 Å². The van der Waals surface area contributed by atoms with Gasteiger partial charge in [-0.1, -0.05) is 5.16 Å². The highest BCUT2D eigenvalue weighted by atomic mass is 32.1. The molecule has 0 spiro atoms. The summed E-state index contributed by atoms with van der Waals surface area (Å²) in [6.45, 7) is 0.169. The number of carboxylic acid groups (broad SMARTS) is 1. The van der Waals surface area contributed by atoms with Crippen LogP contribution in [0.1, 0.15) is 50.5 Å². The van der Waals surface area contributed by atoms with Crippen molar-refractivity contribution in [2.75, 3.05) is 0 Å². The van der Waals surface area contributed by atoms with Crippen LogP contribution >= 0.6 is 11.3 Å². The van der Waals surface area contributed by atoms with E-state index in [4.69, 9.17) is 9.63 Å². The van der Waals surface area contributed by atoms with E-state index in [1.807, 2.05) is 0 Å². The van der Waals surface area contributed by atoms with Crippen LogP contribution in [0.25, 0.3) is 0 Å². The Balaban J connectivity index is 1.58. The molecule has 8 heteroatoms. The number of aromatic carboxylic acids is 1. The summed E-state index contributed by atoms with van der Waals surface area (Å²) < 4.78 is 5.10. The maximum Gasteiger partial charge on any atom is 0.355 e. The van der Waals surface area contributed by atoms with Crippen molar-refractivity contribution in [1.82, 2.24) is 15.5 Å². The highest BCUT2D eigenvalue weighted by Crippen LogP contribution is 2.40. The smallest absolute Gasteiger partial charge is 0.355 e. The summed E-state index contributed by atoms with van der Waals surface area (Å²) in [6.07, 6.45) is 2.15. The van der Waals surface area contributed by atoms with Crippen LogP contribution in [0.5, 0.6) is 0 Å². The first-order valence-electron chi connectivity index (χ1n) is 6.06. The molecule has 0 aliphatic heterocycles. The second-order valence-electron chi connectivity index (χ2n) is 4.50. The monoisotopic (exact) mass is 293 g/mol. The topological polar surface area (TPSA) is 105 Å². The predicted octanol–water partition coefficient (Wildman–Crippen LogP) is 1.64. The lowest BCUT2D eigenvalue weighted by Gasteiger charge is -1.98. The van der Waals surface area contributed by atoms with Gasteiger partial charge in [-0.25, -0.2) is 9.78 Å². The van der Waals surface area contributed by atoms with Gasteiger partial charge in [0.15, 0.2) is 11.4 Å². The van der Waals surface area contributed by atoms with E-state index >= 15 is 0 Å². The number of amides is 1. The van der Waals surface area contributed by atoms with Gasteiger partial charge in [0.25, 0.3) is 5.91 Å². The Morgan fingerprint density at radius 3 is 2.90 bits per heavy atom. The van der Waals surface area contributed by atoms with E-state index < -0.39 is 5.97 Å². The Labute approximate surface area is 117 Å². The Kier molecular flexibility index (Phi) is 3.23. The lowest BCUT2D eigenvalue weighted by molar-refractivity contribution is 0.0691. The molecule has 0 bridgehead atoms. The van der Waals surface area contributed by atoms with Gasteiger partial charge >= 0.3 is 5.97 Å². The fraction of sp³-hybridized carbons (Fsp3) is 0.333. The number of carboxylic acids is 1. The zero-order valence-electron chi connectivity index (χ0n) is 10.3. The van der Waals surface area contributed by atoms with Crippen molar-refractivity contribution in [3.05, 3.63) is 33.6 Å². The third-order valence-corrected chi connectivity index (χ3v) is 3.76. The average molecular weight is 293 g/mol. The van der Waals surface area contributed by atoms with E-state index in [9.17, 15) is 9.59 Å². The van der Waals surface area contributed by atoms with Gasteiger partial charge in [0.05, 0.1) is 6.54 Å². The molecule has 2 N–H and O–H groups in total. The van der Waals surface area contributed by atoms with Crippen molar-refractivity contribution < 1.29 is 19.2 Å². The number of hydrogen-bond donors (Lipinski definition) is 2. The van der Waals surface area contributed by atoms with Crippen LogP contribution < -0.4 is 5.32 Å². The second-order valence-corrected chi connectivity index (χ2v) is 5.45. The van der Waals surface area contributed by atoms with Gasteiger partial charge in [0.1, 0.15) is 10.8 Å². The molecule has 1 aliphatic carbocycles. The van der Waals surface area contributed by atoms with Crippen LogP contribution in [0.2, 0.25) is 0 Å². The first-order valence-corrected chi connectivity index (χ1v) is 6.94. The average Bonchev–Trinajstić information content (AvgIpc) is 2.98. The number of hydrogen-bond acceptors (Lipinski definition) is 6. The molecule has 7 nitrogen and oxygen atoms in total. The summed E-state index contributed by atoms with van der Waals surface area (Å²) in [4.78, 5) is 26.4. The van der Waals surface area contributed by atoms with Crippen LogP contribution in [0.3, 0.4) is 0 Å². The number of rotatable bonds is 5. The summed E-state index contributed by atoms with van der Waals surface area (Å²) in [6, 6.07) is 1.65. The Bertz CT molecular complexity index is 659. The number of aromatic nitrogens is 2. The predicted molar refractivity (Wildman–Crippen MR) is 68.7 cm³/mol. The van der Waals surface area contributed by atoms with Gasteiger partial charge in [0.2, 0.25) is 0 Å². The molecule has 1 saturated carbocycles. The molecule has 1 aliphatic rings. The maximum absolute atomic E-state index is 11.8. The summed E-state index contributed by atoms with van der Waals surface area (Å²) in [7, 11) is 0. The minimum atomic E-state index is -1.08. The van der Waals surface area contributed by atoms with E-state index in [-0.39, 0.29) is 23.8 Å². The SMILES string of the molecule is O=C(O)c1csc(CNC(=O)c2cc(C3CC3)on2)n1. The second kappa shape index (κ2) is 5.04. The number of thiazole rings is 1. The number of carbonyl (C=O) groups is 2. The van der Waals surface area contributed by atoms with E-state index in [1.54, 1.807) is 6.07 Å². The normalized spacial score (nSPS) is 14.2. The van der Waals surface area contributed by atoms with Gasteiger partial charge in [-0.05, 0) is 12.8 Å². The zero-order chi connectivity index (χ0) is 14.1. The molecule has 104 valence electrons. The van der Waals surface area contributed by atoms with E-state index in [2.05, 4.69) is 15.5 Å². The van der Waals surface area contributed by atoms with Crippen molar-refractivity contribution >= 4 is 23.2 Å². The first kappa shape index (κ1) is 12.8. The molecule has 2 aromatic heterocycles. The molecule has 0 radical (unpaired) electrons. The fourth-order valence-electron chi connectivity index (χ4n) is 1.69. The largest absolute Gasteiger partial charge is 0.476 e. The Morgan fingerprint density at radius 2 is 2.25 bits per heavy atom. The first-order chi connectivity index (χ1) is 9.63. The summed E-state index contributed by atoms with van der Waals surface area (Å²) in [5.41, 5.74) is 0.221. The standard InChI is InChI=1S/C12H11N3O4S/c16-11(7-3-9(19-15-7)6-1-2-6)13-4-10-14-8(5-20-10)12(17)18/h3,5-6H,1-2,4H2,(H,13,16)(H,17,18). The molecule has 2 aromatic rings. The van der Waals surface area contributed by atoms with Crippen molar-refractivity contribution in [3.8, 4) is 0 Å². The molecule has 0 unspecified atom stereocenters. The van der Waals surface area contributed by atoms with Crippen LogP contribution in [0, 0.1) is 0 Å².